The Balaban J connectivity index is 2.59. The molecule has 3 rings (SSSR count). The molecule has 3 aromatic rings. The summed E-state index contributed by atoms with van der Waals surface area (Å²) in [5, 5.41) is 11.3. The van der Waals surface area contributed by atoms with Gasteiger partial charge in [0, 0.05) is 5.39 Å². The molecule has 0 radical (unpaired) electrons. The number of rotatable bonds is 1. The van der Waals surface area contributed by atoms with Gasteiger partial charge in [-0.1, -0.05) is 24.3 Å². The average molecular weight is 240 g/mol. The molecule has 1 heterocycles. The number of aliphatic hydroxyl groups is 1. The van der Waals surface area contributed by atoms with Crippen LogP contribution < -0.4 is 5.56 Å². The topological polar surface area (TPSA) is 66.0 Å². The van der Waals surface area contributed by atoms with Gasteiger partial charge in [-0.3, -0.25) is 4.79 Å². The standard InChI is InChI=1S/C14H12N2O2/c1-8-14(18)16-12-6-9(7-17)10-4-2-3-5-11(10)13(12)15-8/h2-6,17H,7H2,1H3,(H,16,18). The molecule has 0 unspecified atom stereocenters. The van der Waals surface area contributed by atoms with Gasteiger partial charge in [0.15, 0.2) is 0 Å². The number of hydrogen-bond donors (Lipinski definition) is 2. The van der Waals surface area contributed by atoms with Crippen molar-refractivity contribution in [3.8, 4) is 0 Å². The van der Waals surface area contributed by atoms with Crippen LogP contribution in [0.15, 0.2) is 35.1 Å². The Morgan fingerprint density at radius 2 is 2.00 bits per heavy atom. The number of aliphatic hydroxyl groups excluding tert-OH is 1. The molecule has 0 aliphatic carbocycles. The van der Waals surface area contributed by atoms with E-state index in [0.717, 1.165) is 21.9 Å². The number of hydrogen-bond acceptors (Lipinski definition) is 3. The molecule has 0 aliphatic heterocycles. The van der Waals surface area contributed by atoms with Crippen molar-refractivity contribution in [1.82, 2.24) is 9.97 Å². The van der Waals surface area contributed by atoms with E-state index in [-0.39, 0.29) is 12.2 Å². The van der Waals surface area contributed by atoms with E-state index >= 15 is 0 Å². The predicted octanol–water partition coefficient (Wildman–Crippen LogP) is 1.88. The van der Waals surface area contributed by atoms with Crippen molar-refractivity contribution in [1.29, 1.82) is 0 Å². The van der Waals surface area contributed by atoms with Gasteiger partial charge in [-0.15, -0.1) is 0 Å². The largest absolute Gasteiger partial charge is 0.392 e. The second-order valence-electron chi connectivity index (χ2n) is 4.29. The Labute approximate surface area is 103 Å². The number of aryl methyl sites for hydroxylation is 1. The van der Waals surface area contributed by atoms with Crippen LogP contribution in [0.4, 0.5) is 0 Å². The number of aromatic nitrogens is 2. The summed E-state index contributed by atoms with van der Waals surface area (Å²) >= 11 is 0. The lowest BCUT2D eigenvalue weighted by molar-refractivity contribution is 0.283. The third kappa shape index (κ3) is 1.50. The number of nitrogens with one attached hydrogen (secondary N) is 1. The van der Waals surface area contributed by atoms with Crippen molar-refractivity contribution in [2.24, 2.45) is 0 Å². The Kier molecular flexibility index (Phi) is 2.38. The maximum absolute atomic E-state index is 11.6. The third-order valence-electron chi connectivity index (χ3n) is 3.13. The monoisotopic (exact) mass is 240 g/mol. The number of fused-ring (bicyclic) bond motifs is 3. The van der Waals surface area contributed by atoms with Crippen LogP contribution in [0.1, 0.15) is 11.3 Å². The molecule has 0 saturated heterocycles. The fraction of sp³-hybridized carbons (Fsp3) is 0.143. The maximum Gasteiger partial charge on any atom is 0.269 e. The zero-order valence-electron chi connectivity index (χ0n) is 9.90. The number of benzene rings is 2. The van der Waals surface area contributed by atoms with Gasteiger partial charge in [0.25, 0.3) is 5.56 Å². The van der Waals surface area contributed by atoms with E-state index in [4.69, 9.17) is 0 Å². The second-order valence-corrected chi connectivity index (χ2v) is 4.29. The molecule has 0 atom stereocenters. The summed E-state index contributed by atoms with van der Waals surface area (Å²) < 4.78 is 0. The molecule has 0 aliphatic rings. The second kappa shape index (κ2) is 3.92. The molecule has 0 saturated carbocycles. The fourth-order valence-electron chi connectivity index (χ4n) is 2.21. The summed E-state index contributed by atoms with van der Waals surface area (Å²) in [5.41, 5.74) is 2.47. The number of nitrogens with zero attached hydrogens (tertiary/aromatic N) is 1. The normalized spacial score (nSPS) is 11.2. The van der Waals surface area contributed by atoms with E-state index in [1.54, 1.807) is 13.0 Å². The van der Waals surface area contributed by atoms with E-state index in [1.807, 2.05) is 24.3 Å². The highest BCUT2D eigenvalue weighted by Crippen LogP contribution is 2.25. The smallest absolute Gasteiger partial charge is 0.269 e. The van der Waals surface area contributed by atoms with Gasteiger partial charge >= 0.3 is 0 Å². The molecular formula is C14H12N2O2. The third-order valence-corrected chi connectivity index (χ3v) is 3.13. The Hall–Kier alpha value is -2.20. The first-order valence-corrected chi connectivity index (χ1v) is 5.73. The molecule has 2 N–H and O–H groups in total. The van der Waals surface area contributed by atoms with Gasteiger partial charge in [0.1, 0.15) is 5.69 Å². The first-order chi connectivity index (χ1) is 8.70. The minimum absolute atomic E-state index is 0.0631. The average Bonchev–Trinajstić information content (AvgIpc) is 2.40. The van der Waals surface area contributed by atoms with E-state index < -0.39 is 0 Å². The van der Waals surface area contributed by atoms with E-state index in [0.29, 0.717) is 11.2 Å². The van der Waals surface area contributed by atoms with Crippen LogP contribution >= 0.6 is 0 Å². The zero-order valence-corrected chi connectivity index (χ0v) is 9.90. The summed E-state index contributed by atoms with van der Waals surface area (Å²) in [6, 6.07) is 9.52. The van der Waals surface area contributed by atoms with E-state index in [9.17, 15) is 9.90 Å². The molecule has 0 fully saturated rings. The van der Waals surface area contributed by atoms with Gasteiger partial charge in [-0.25, -0.2) is 4.98 Å². The number of aromatic amines is 1. The summed E-state index contributed by atoms with van der Waals surface area (Å²) in [6.45, 7) is 1.62. The Bertz CT molecular complexity index is 806. The first kappa shape index (κ1) is 10.9. The van der Waals surface area contributed by atoms with Gasteiger partial charge < -0.3 is 10.1 Å². The highest BCUT2D eigenvalue weighted by Gasteiger charge is 2.08. The lowest BCUT2D eigenvalue weighted by Gasteiger charge is -2.08. The molecule has 4 heteroatoms. The van der Waals surface area contributed by atoms with Gasteiger partial charge in [0.05, 0.1) is 17.6 Å². The Morgan fingerprint density at radius 3 is 2.72 bits per heavy atom. The fourth-order valence-corrected chi connectivity index (χ4v) is 2.21. The molecule has 0 bridgehead atoms. The van der Waals surface area contributed by atoms with Crippen molar-refractivity contribution in [2.45, 2.75) is 13.5 Å². The molecule has 90 valence electrons. The predicted molar refractivity (Wildman–Crippen MR) is 70.5 cm³/mol. The van der Waals surface area contributed by atoms with Crippen molar-refractivity contribution in [3.05, 3.63) is 51.9 Å². The minimum Gasteiger partial charge on any atom is -0.392 e. The van der Waals surface area contributed by atoms with Gasteiger partial charge in [-0.2, -0.15) is 0 Å². The lowest BCUT2D eigenvalue weighted by atomic mass is 10.0. The van der Waals surface area contributed by atoms with Gasteiger partial charge in [-0.05, 0) is 23.9 Å². The maximum atomic E-state index is 11.6. The number of H-pyrrole nitrogens is 1. The summed E-state index contributed by atoms with van der Waals surface area (Å²) in [4.78, 5) is 18.7. The highest BCUT2D eigenvalue weighted by molar-refractivity contribution is 6.05. The first-order valence-electron chi connectivity index (χ1n) is 5.73. The van der Waals surface area contributed by atoms with Crippen LogP contribution in [0.2, 0.25) is 0 Å². The molecule has 0 spiro atoms. The van der Waals surface area contributed by atoms with Crippen molar-refractivity contribution >= 4 is 21.8 Å². The summed E-state index contributed by atoms with van der Waals surface area (Å²) in [5.74, 6) is 0. The Morgan fingerprint density at radius 1 is 1.28 bits per heavy atom. The van der Waals surface area contributed by atoms with Crippen molar-refractivity contribution < 1.29 is 5.11 Å². The van der Waals surface area contributed by atoms with E-state index in [2.05, 4.69) is 9.97 Å². The van der Waals surface area contributed by atoms with Crippen LogP contribution in [0.5, 0.6) is 0 Å². The summed E-state index contributed by atoms with van der Waals surface area (Å²) in [6.07, 6.45) is 0. The van der Waals surface area contributed by atoms with Crippen LogP contribution in [-0.4, -0.2) is 15.1 Å². The van der Waals surface area contributed by atoms with Gasteiger partial charge in [0.2, 0.25) is 0 Å². The van der Waals surface area contributed by atoms with Crippen LogP contribution in [-0.2, 0) is 6.61 Å². The molecule has 1 aromatic heterocycles. The van der Waals surface area contributed by atoms with Crippen molar-refractivity contribution in [3.63, 3.8) is 0 Å². The SMILES string of the molecule is Cc1nc2c(cc(CO)c3ccccc32)[nH]c1=O. The molecule has 18 heavy (non-hydrogen) atoms. The van der Waals surface area contributed by atoms with Crippen LogP contribution in [0.3, 0.4) is 0 Å². The molecule has 2 aromatic carbocycles. The van der Waals surface area contributed by atoms with Crippen LogP contribution in [0, 0.1) is 6.92 Å². The van der Waals surface area contributed by atoms with Crippen LogP contribution in [0.25, 0.3) is 21.8 Å². The minimum atomic E-state index is -0.193. The molecular weight excluding hydrogens is 228 g/mol. The molecule has 0 amide bonds. The lowest BCUT2D eigenvalue weighted by Crippen LogP contribution is -2.11. The van der Waals surface area contributed by atoms with Crippen molar-refractivity contribution in [2.75, 3.05) is 0 Å². The highest BCUT2D eigenvalue weighted by atomic mass is 16.3. The quantitative estimate of drug-likeness (QED) is 0.638. The molecule has 4 nitrogen and oxygen atoms in total. The van der Waals surface area contributed by atoms with E-state index in [1.165, 1.54) is 0 Å². The summed E-state index contributed by atoms with van der Waals surface area (Å²) in [7, 11) is 0. The zero-order chi connectivity index (χ0) is 12.7.